The minimum Gasteiger partial charge on any atom is -0.354 e. The van der Waals surface area contributed by atoms with Gasteiger partial charge < -0.3 is 10.6 Å². The van der Waals surface area contributed by atoms with E-state index in [2.05, 4.69) is 21.8 Å². The Balaban J connectivity index is 2.16. The third-order valence-electron chi connectivity index (χ3n) is 2.64. The van der Waals surface area contributed by atoms with Crippen LogP contribution in [-0.4, -0.2) is 28.8 Å². The molecule has 1 aliphatic heterocycles. The minimum atomic E-state index is 0.115. The van der Waals surface area contributed by atoms with E-state index in [0.717, 1.165) is 17.9 Å². The SMILES string of the molecule is Cc1cc(C2CNC(=O)CCN2)n(C)n1. The van der Waals surface area contributed by atoms with Crippen LogP contribution in [-0.2, 0) is 11.8 Å². The normalized spacial score (nSPS) is 22.3. The van der Waals surface area contributed by atoms with Crippen molar-refractivity contribution in [3.05, 3.63) is 17.5 Å². The predicted molar refractivity (Wildman–Crippen MR) is 56.3 cm³/mol. The number of carbonyl (C=O) groups is 1. The lowest BCUT2D eigenvalue weighted by atomic mass is 10.2. The standard InChI is InChI=1S/C10H16N4O/c1-7-5-9(14(2)13-7)8-6-12-10(15)3-4-11-8/h5,8,11H,3-4,6H2,1-2H3,(H,12,15). The van der Waals surface area contributed by atoms with E-state index in [1.165, 1.54) is 0 Å². The van der Waals surface area contributed by atoms with Gasteiger partial charge in [-0.1, -0.05) is 0 Å². The summed E-state index contributed by atoms with van der Waals surface area (Å²) >= 11 is 0. The number of amides is 1. The molecule has 0 aliphatic carbocycles. The summed E-state index contributed by atoms with van der Waals surface area (Å²) in [4.78, 5) is 11.2. The molecule has 2 rings (SSSR count). The second-order valence-electron chi connectivity index (χ2n) is 3.89. The third kappa shape index (κ3) is 2.18. The first-order chi connectivity index (χ1) is 7.16. The molecule has 0 radical (unpaired) electrons. The summed E-state index contributed by atoms with van der Waals surface area (Å²) in [6.07, 6.45) is 0.549. The molecule has 1 saturated heterocycles. The number of rotatable bonds is 1. The first-order valence-corrected chi connectivity index (χ1v) is 5.17. The summed E-state index contributed by atoms with van der Waals surface area (Å²) in [5, 5.41) is 10.5. The van der Waals surface area contributed by atoms with Crippen molar-refractivity contribution < 1.29 is 4.79 Å². The van der Waals surface area contributed by atoms with Crippen LogP contribution in [0.2, 0.25) is 0 Å². The van der Waals surface area contributed by atoms with Gasteiger partial charge in [-0.05, 0) is 13.0 Å². The van der Waals surface area contributed by atoms with Crippen molar-refractivity contribution in [1.29, 1.82) is 0 Å². The summed E-state index contributed by atoms with van der Waals surface area (Å²) < 4.78 is 1.87. The van der Waals surface area contributed by atoms with Crippen LogP contribution in [0.25, 0.3) is 0 Å². The molecule has 0 bridgehead atoms. The quantitative estimate of drug-likeness (QED) is 0.676. The van der Waals surface area contributed by atoms with E-state index in [1.54, 1.807) is 0 Å². The number of nitrogens with one attached hydrogen (secondary N) is 2. The van der Waals surface area contributed by atoms with Crippen molar-refractivity contribution in [1.82, 2.24) is 20.4 Å². The van der Waals surface area contributed by atoms with Gasteiger partial charge >= 0.3 is 0 Å². The average Bonchev–Trinajstić information content (AvgIpc) is 2.39. The van der Waals surface area contributed by atoms with E-state index in [0.29, 0.717) is 13.0 Å². The lowest BCUT2D eigenvalue weighted by molar-refractivity contribution is -0.120. The summed E-state index contributed by atoms with van der Waals surface area (Å²) in [6.45, 7) is 3.33. The maximum Gasteiger partial charge on any atom is 0.221 e. The molecule has 5 heteroatoms. The Labute approximate surface area is 88.8 Å². The molecule has 1 aliphatic rings. The Morgan fingerprint density at radius 2 is 2.40 bits per heavy atom. The number of aromatic nitrogens is 2. The molecule has 1 aromatic rings. The highest BCUT2D eigenvalue weighted by Crippen LogP contribution is 2.14. The summed E-state index contributed by atoms with van der Waals surface area (Å²) in [7, 11) is 1.93. The topological polar surface area (TPSA) is 59.0 Å². The van der Waals surface area contributed by atoms with Crippen LogP contribution in [0.4, 0.5) is 0 Å². The molecule has 82 valence electrons. The molecule has 1 aromatic heterocycles. The molecule has 2 heterocycles. The number of hydrogen-bond acceptors (Lipinski definition) is 3. The second-order valence-corrected chi connectivity index (χ2v) is 3.89. The molecule has 15 heavy (non-hydrogen) atoms. The predicted octanol–water partition coefficient (Wildman–Crippen LogP) is -0.121. The van der Waals surface area contributed by atoms with Crippen molar-refractivity contribution in [3.8, 4) is 0 Å². The number of carbonyl (C=O) groups excluding carboxylic acids is 1. The highest BCUT2D eigenvalue weighted by Gasteiger charge is 2.19. The molecule has 1 amide bonds. The van der Waals surface area contributed by atoms with E-state index in [9.17, 15) is 4.79 Å². The van der Waals surface area contributed by atoms with Gasteiger partial charge in [-0.2, -0.15) is 5.10 Å². The minimum absolute atomic E-state index is 0.115. The first kappa shape index (κ1) is 10.2. The fraction of sp³-hybridized carbons (Fsp3) is 0.600. The Morgan fingerprint density at radius 3 is 3.07 bits per heavy atom. The maximum absolute atomic E-state index is 11.2. The van der Waals surface area contributed by atoms with E-state index in [1.807, 2.05) is 18.7 Å². The molecule has 5 nitrogen and oxygen atoms in total. The van der Waals surface area contributed by atoms with Crippen LogP contribution in [0, 0.1) is 6.92 Å². The van der Waals surface area contributed by atoms with Gasteiger partial charge in [0.2, 0.25) is 5.91 Å². The van der Waals surface area contributed by atoms with Crippen LogP contribution in [0.5, 0.6) is 0 Å². The number of nitrogens with zero attached hydrogens (tertiary/aromatic N) is 2. The molecule has 0 spiro atoms. The monoisotopic (exact) mass is 208 g/mol. The van der Waals surface area contributed by atoms with Gasteiger partial charge in [0.25, 0.3) is 0 Å². The van der Waals surface area contributed by atoms with Gasteiger partial charge in [-0.15, -0.1) is 0 Å². The third-order valence-corrected chi connectivity index (χ3v) is 2.64. The van der Waals surface area contributed by atoms with E-state index >= 15 is 0 Å². The van der Waals surface area contributed by atoms with Gasteiger partial charge in [-0.25, -0.2) is 0 Å². The lowest BCUT2D eigenvalue weighted by Gasteiger charge is -2.15. The van der Waals surface area contributed by atoms with Gasteiger partial charge in [0, 0.05) is 26.6 Å². The van der Waals surface area contributed by atoms with Crippen molar-refractivity contribution in [2.24, 2.45) is 7.05 Å². The fourth-order valence-electron chi connectivity index (χ4n) is 1.90. The summed E-state index contributed by atoms with van der Waals surface area (Å²) in [5.74, 6) is 0.115. The van der Waals surface area contributed by atoms with Crippen molar-refractivity contribution >= 4 is 5.91 Å². The van der Waals surface area contributed by atoms with Gasteiger partial charge in [0.05, 0.1) is 17.4 Å². The van der Waals surface area contributed by atoms with Crippen LogP contribution >= 0.6 is 0 Å². The maximum atomic E-state index is 11.2. The highest BCUT2D eigenvalue weighted by molar-refractivity contribution is 5.76. The van der Waals surface area contributed by atoms with Crippen molar-refractivity contribution in [2.45, 2.75) is 19.4 Å². The Kier molecular flexibility index (Phi) is 2.73. The van der Waals surface area contributed by atoms with E-state index in [-0.39, 0.29) is 11.9 Å². The Bertz CT molecular complexity index is 371. The number of aryl methyl sites for hydroxylation is 2. The molecule has 1 fully saturated rings. The van der Waals surface area contributed by atoms with Crippen LogP contribution in [0.3, 0.4) is 0 Å². The number of hydrogen-bond donors (Lipinski definition) is 2. The summed E-state index contributed by atoms with van der Waals surface area (Å²) in [5.41, 5.74) is 2.12. The zero-order chi connectivity index (χ0) is 10.8. The van der Waals surface area contributed by atoms with Crippen LogP contribution < -0.4 is 10.6 Å². The first-order valence-electron chi connectivity index (χ1n) is 5.17. The fourth-order valence-corrected chi connectivity index (χ4v) is 1.90. The zero-order valence-electron chi connectivity index (χ0n) is 9.08. The van der Waals surface area contributed by atoms with Crippen LogP contribution in [0.15, 0.2) is 6.07 Å². The second kappa shape index (κ2) is 4.02. The Hall–Kier alpha value is -1.36. The van der Waals surface area contributed by atoms with E-state index < -0.39 is 0 Å². The van der Waals surface area contributed by atoms with Gasteiger partial charge in [0.15, 0.2) is 0 Å². The molecule has 1 unspecified atom stereocenters. The summed E-state index contributed by atoms with van der Waals surface area (Å²) in [6, 6.07) is 2.22. The van der Waals surface area contributed by atoms with Crippen molar-refractivity contribution in [2.75, 3.05) is 13.1 Å². The van der Waals surface area contributed by atoms with E-state index in [4.69, 9.17) is 0 Å². The van der Waals surface area contributed by atoms with Gasteiger partial charge in [-0.3, -0.25) is 9.48 Å². The molecule has 1 atom stereocenters. The van der Waals surface area contributed by atoms with Gasteiger partial charge in [0.1, 0.15) is 0 Å². The molecular weight excluding hydrogens is 192 g/mol. The molecular formula is C10H16N4O. The molecule has 0 saturated carbocycles. The average molecular weight is 208 g/mol. The lowest BCUT2D eigenvalue weighted by Crippen LogP contribution is -2.30. The van der Waals surface area contributed by atoms with Crippen LogP contribution in [0.1, 0.15) is 23.9 Å². The van der Waals surface area contributed by atoms with Crippen molar-refractivity contribution in [3.63, 3.8) is 0 Å². The highest BCUT2D eigenvalue weighted by atomic mass is 16.1. The Morgan fingerprint density at radius 1 is 1.60 bits per heavy atom. The molecule has 2 N–H and O–H groups in total. The molecule has 0 aromatic carbocycles. The largest absolute Gasteiger partial charge is 0.354 e. The zero-order valence-corrected chi connectivity index (χ0v) is 9.08. The smallest absolute Gasteiger partial charge is 0.221 e.